The van der Waals surface area contributed by atoms with Gasteiger partial charge in [0.25, 0.3) is 0 Å². The van der Waals surface area contributed by atoms with Crippen molar-refractivity contribution < 1.29 is 24.1 Å². The molecule has 0 aliphatic heterocycles. The summed E-state index contributed by atoms with van der Waals surface area (Å²) in [5, 5.41) is 18.8. The lowest BCUT2D eigenvalue weighted by Crippen LogP contribution is -2.25. The zero-order valence-corrected chi connectivity index (χ0v) is 10.9. The number of hydrogen-bond acceptors (Lipinski definition) is 3. The van der Waals surface area contributed by atoms with E-state index in [9.17, 15) is 14.3 Å². The fourth-order valence-corrected chi connectivity index (χ4v) is 1.83. The van der Waals surface area contributed by atoms with Gasteiger partial charge in [-0.25, -0.2) is 4.39 Å². The number of carbonyl (C=O) groups is 1. The third kappa shape index (κ3) is 5.81. The molecule has 0 radical (unpaired) electrons. The maximum Gasteiger partial charge on any atom is 0.306 e. The largest absolute Gasteiger partial charge is 0.481 e. The third-order valence-corrected chi connectivity index (χ3v) is 2.82. The van der Waals surface area contributed by atoms with E-state index in [-0.39, 0.29) is 25.3 Å². The van der Waals surface area contributed by atoms with Crippen LogP contribution >= 0.6 is 0 Å². The molecule has 1 aromatic rings. The molecule has 2 atom stereocenters. The summed E-state index contributed by atoms with van der Waals surface area (Å²) in [6, 6.07) is 5.70. The summed E-state index contributed by atoms with van der Waals surface area (Å²) in [4.78, 5) is 11.2. The van der Waals surface area contributed by atoms with Crippen molar-refractivity contribution in [3.63, 3.8) is 0 Å². The first-order chi connectivity index (χ1) is 9.02. The van der Waals surface area contributed by atoms with E-state index >= 15 is 0 Å². The van der Waals surface area contributed by atoms with Gasteiger partial charge in [-0.15, -0.1) is 0 Å². The van der Waals surface area contributed by atoms with Gasteiger partial charge >= 0.3 is 5.97 Å². The summed E-state index contributed by atoms with van der Waals surface area (Å²) in [5.74, 6) is -2.03. The molecule has 0 aliphatic rings. The SMILES string of the molecule is CCOCC(O)CC(Cc1ccc(F)cc1)C(=O)O. The molecule has 2 unspecified atom stereocenters. The van der Waals surface area contributed by atoms with Gasteiger partial charge in [-0.1, -0.05) is 12.1 Å². The molecule has 0 amide bonds. The van der Waals surface area contributed by atoms with Crippen molar-refractivity contribution in [2.45, 2.75) is 25.9 Å². The summed E-state index contributed by atoms with van der Waals surface area (Å²) in [7, 11) is 0. The Bertz CT molecular complexity index is 391. The highest BCUT2D eigenvalue weighted by Crippen LogP contribution is 2.16. The van der Waals surface area contributed by atoms with Gasteiger partial charge in [-0.05, 0) is 37.5 Å². The van der Waals surface area contributed by atoms with Crippen LogP contribution in [-0.2, 0) is 16.0 Å². The number of carboxylic acid groups (broad SMARTS) is 1. The fraction of sp³-hybridized carbons (Fsp3) is 0.500. The van der Waals surface area contributed by atoms with Gasteiger partial charge in [-0.2, -0.15) is 0 Å². The first-order valence-corrected chi connectivity index (χ1v) is 6.26. The quantitative estimate of drug-likeness (QED) is 0.756. The topological polar surface area (TPSA) is 66.8 Å². The molecule has 106 valence electrons. The van der Waals surface area contributed by atoms with Gasteiger partial charge in [0.2, 0.25) is 0 Å². The molecule has 5 heteroatoms. The second-order valence-corrected chi connectivity index (χ2v) is 4.41. The average Bonchev–Trinajstić information content (AvgIpc) is 2.38. The Morgan fingerprint density at radius 3 is 2.53 bits per heavy atom. The first-order valence-electron chi connectivity index (χ1n) is 6.26. The van der Waals surface area contributed by atoms with Crippen LogP contribution in [0.4, 0.5) is 4.39 Å². The van der Waals surface area contributed by atoms with E-state index in [0.717, 1.165) is 5.56 Å². The van der Waals surface area contributed by atoms with Crippen LogP contribution in [0.5, 0.6) is 0 Å². The molecule has 1 rings (SSSR count). The number of hydrogen-bond donors (Lipinski definition) is 2. The summed E-state index contributed by atoms with van der Waals surface area (Å²) < 4.78 is 17.8. The molecule has 0 saturated carbocycles. The van der Waals surface area contributed by atoms with Gasteiger partial charge in [0.05, 0.1) is 18.6 Å². The molecular formula is C14H19FO4. The first kappa shape index (κ1) is 15.6. The lowest BCUT2D eigenvalue weighted by molar-refractivity contribution is -0.143. The molecule has 2 N–H and O–H groups in total. The molecule has 0 aromatic heterocycles. The van der Waals surface area contributed by atoms with Gasteiger partial charge in [0, 0.05) is 6.61 Å². The minimum absolute atomic E-state index is 0.118. The standard InChI is InChI=1S/C14H19FO4/c1-2-19-9-13(16)8-11(14(17)18)7-10-3-5-12(15)6-4-10/h3-6,11,13,16H,2,7-9H2,1H3,(H,17,18). The Balaban J connectivity index is 2.57. The predicted octanol–water partition coefficient (Wildman–Crippen LogP) is 1.86. The van der Waals surface area contributed by atoms with Crippen LogP contribution in [0.15, 0.2) is 24.3 Å². The van der Waals surface area contributed by atoms with E-state index in [1.165, 1.54) is 12.1 Å². The molecule has 0 fully saturated rings. The number of halogens is 1. The Morgan fingerprint density at radius 1 is 1.37 bits per heavy atom. The van der Waals surface area contributed by atoms with E-state index in [4.69, 9.17) is 9.84 Å². The van der Waals surface area contributed by atoms with Crippen LogP contribution in [0.1, 0.15) is 18.9 Å². The number of benzene rings is 1. The lowest BCUT2D eigenvalue weighted by Gasteiger charge is -2.16. The molecule has 0 heterocycles. The van der Waals surface area contributed by atoms with Gasteiger partial charge in [0.15, 0.2) is 0 Å². The summed E-state index contributed by atoms with van der Waals surface area (Å²) >= 11 is 0. The monoisotopic (exact) mass is 270 g/mol. The number of ether oxygens (including phenoxy) is 1. The smallest absolute Gasteiger partial charge is 0.306 e. The Kier molecular flexibility index (Phi) is 6.45. The fourth-order valence-electron chi connectivity index (χ4n) is 1.83. The van der Waals surface area contributed by atoms with Crippen LogP contribution in [0.2, 0.25) is 0 Å². The van der Waals surface area contributed by atoms with Crippen LogP contribution in [0.25, 0.3) is 0 Å². The molecule has 19 heavy (non-hydrogen) atoms. The maximum atomic E-state index is 12.8. The third-order valence-electron chi connectivity index (χ3n) is 2.82. The normalized spacial score (nSPS) is 14.1. The van der Waals surface area contributed by atoms with E-state index in [1.807, 2.05) is 0 Å². The number of aliphatic hydroxyl groups is 1. The van der Waals surface area contributed by atoms with Crippen LogP contribution in [0.3, 0.4) is 0 Å². The van der Waals surface area contributed by atoms with Crippen LogP contribution < -0.4 is 0 Å². The van der Waals surface area contributed by atoms with Gasteiger partial charge < -0.3 is 14.9 Å². The van der Waals surface area contributed by atoms with Crippen molar-refractivity contribution in [1.82, 2.24) is 0 Å². The van der Waals surface area contributed by atoms with E-state index in [0.29, 0.717) is 6.61 Å². The zero-order valence-electron chi connectivity index (χ0n) is 10.9. The molecule has 1 aromatic carbocycles. The van der Waals surface area contributed by atoms with Crippen molar-refractivity contribution >= 4 is 5.97 Å². The molecular weight excluding hydrogens is 251 g/mol. The summed E-state index contributed by atoms with van der Waals surface area (Å²) in [5.41, 5.74) is 0.734. The highest BCUT2D eigenvalue weighted by Gasteiger charge is 2.22. The van der Waals surface area contributed by atoms with Crippen LogP contribution in [0, 0.1) is 11.7 Å². The van der Waals surface area contributed by atoms with E-state index in [2.05, 4.69) is 0 Å². The van der Waals surface area contributed by atoms with Crippen molar-refractivity contribution in [3.8, 4) is 0 Å². The van der Waals surface area contributed by atoms with Crippen molar-refractivity contribution in [1.29, 1.82) is 0 Å². The average molecular weight is 270 g/mol. The summed E-state index contributed by atoms with van der Waals surface area (Å²) in [6.45, 7) is 2.41. The van der Waals surface area contributed by atoms with Crippen molar-refractivity contribution in [3.05, 3.63) is 35.6 Å². The number of aliphatic hydroxyl groups excluding tert-OH is 1. The molecule has 0 saturated heterocycles. The molecule has 0 spiro atoms. The Hall–Kier alpha value is -1.46. The summed E-state index contributed by atoms with van der Waals surface area (Å²) in [6.07, 6.45) is -0.424. The molecule has 0 bridgehead atoms. The van der Waals surface area contributed by atoms with Gasteiger partial charge in [-0.3, -0.25) is 4.79 Å². The zero-order chi connectivity index (χ0) is 14.3. The minimum Gasteiger partial charge on any atom is -0.481 e. The second kappa shape index (κ2) is 7.86. The van der Waals surface area contributed by atoms with Gasteiger partial charge in [0.1, 0.15) is 5.82 Å². The maximum absolute atomic E-state index is 12.8. The minimum atomic E-state index is -0.972. The molecule has 4 nitrogen and oxygen atoms in total. The van der Waals surface area contributed by atoms with Crippen molar-refractivity contribution in [2.24, 2.45) is 5.92 Å². The van der Waals surface area contributed by atoms with E-state index in [1.54, 1.807) is 19.1 Å². The number of rotatable bonds is 8. The highest BCUT2D eigenvalue weighted by molar-refractivity contribution is 5.70. The highest BCUT2D eigenvalue weighted by atomic mass is 19.1. The van der Waals surface area contributed by atoms with Crippen LogP contribution in [-0.4, -0.2) is 35.5 Å². The molecule has 0 aliphatic carbocycles. The number of carboxylic acids is 1. The van der Waals surface area contributed by atoms with E-state index < -0.39 is 18.0 Å². The Morgan fingerprint density at radius 2 is 2.00 bits per heavy atom. The lowest BCUT2D eigenvalue weighted by atomic mass is 9.94. The predicted molar refractivity (Wildman–Crippen MR) is 68.3 cm³/mol. The second-order valence-electron chi connectivity index (χ2n) is 4.41. The Labute approximate surface area is 111 Å². The van der Waals surface area contributed by atoms with Crippen molar-refractivity contribution in [2.75, 3.05) is 13.2 Å². The number of aliphatic carboxylic acids is 1.